The molecule has 7 heteroatoms. The van der Waals surface area contributed by atoms with Gasteiger partial charge in [0.1, 0.15) is 11.9 Å². The second kappa shape index (κ2) is 8.05. The first-order valence-electron chi connectivity index (χ1n) is 10.7. The highest BCUT2D eigenvalue weighted by Gasteiger charge is 2.41. The van der Waals surface area contributed by atoms with Gasteiger partial charge in [0.25, 0.3) is 0 Å². The summed E-state index contributed by atoms with van der Waals surface area (Å²) in [7, 11) is 1.74. The summed E-state index contributed by atoms with van der Waals surface area (Å²) >= 11 is 0. The summed E-state index contributed by atoms with van der Waals surface area (Å²) in [5.74, 6) is 0.491. The molecule has 1 aliphatic rings. The molecular weight excluding hydrogens is 390 g/mol. The molecule has 1 atom stereocenters. The summed E-state index contributed by atoms with van der Waals surface area (Å²) in [6.07, 6.45) is 5.37. The third kappa shape index (κ3) is 4.62. The van der Waals surface area contributed by atoms with Crippen LogP contribution in [-0.2, 0) is 4.74 Å². The number of nitrogens with one attached hydrogen (secondary N) is 2. The molecule has 0 amide bonds. The van der Waals surface area contributed by atoms with Gasteiger partial charge in [0.2, 0.25) is 0 Å². The van der Waals surface area contributed by atoms with Gasteiger partial charge in [0, 0.05) is 35.5 Å². The van der Waals surface area contributed by atoms with Crippen LogP contribution in [0.2, 0.25) is 0 Å². The van der Waals surface area contributed by atoms with Crippen LogP contribution in [0, 0.1) is 5.92 Å². The summed E-state index contributed by atoms with van der Waals surface area (Å²) in [6, 6.07) is 9.37. The second-order valence-electron chi connectivity index (χ2n) is 9.78. The van der Waals surface area contributed by atoms with Crippen molar-refractivity contribution in [2.75, 3.05) is 7.11 Å². The zero-order valence-corrected chi connectivity index (χ0v) is 18.8. The van der Waals surface area contributed by atoms with Gasteiger partial charge < -0.3 is 15.2 Å². The van der Waals surface area contributed by atoms with Gasteiger partial charge in [0.05, 0.1) is 17.6 Å². The number of phenolic OH excluding ortho intramolecular Hbond substituents is 1. The predicted octanol–water partition coefficient (Wildman–Crippen LogP) is 4.48. The standard InChI is InChI=1S/C24H31N5O2/c1-23(2)11-16(12-24(3,4)29-23)22(31-5)20-9-8-19(27-28-20)18-7-6-15(10-21(18)30)17-13-25-26-14-17/h6-10,13-14,16,22,29-30H,11-12H2,1-5H3,(H,25,26). The number of phenols is 1. The minimum Gasteiger partial charge on any atom is -0.507 e. The molecule has 1 aliphatic heterocycles. The van der Waals surface area contributed by atoms with Crippen LogP contribution in [0.15, 0.2) is 42.7 Å². The van der Waals surface area contributed by atoms with E-state index in [1.165, 1.54) is 0 Å². The number of aromatic hydroxyl groups is 1. The highest BCUT2D eigenvalue weighted by molar-refractivity contribution is 5.73. The maximum Gasteiger partial charge on any atom is 0.125 e. The average molecular weight is 422 g/mol. The van der Waals surface area contributed by atoms with E-state index in [0.29, 0.717) is 17.2 Å². The van der Waals surface area contributed by atoms with E-state index in [-0.39, 0.29) is 22.9 Å². The molecule has 1 fully saturated rings. The molecule has 0 aliphatic carbocycles. The second-order valence-corrected chi connectivity index (χ2v) is 9.78. The molecule has 4 rings (SSSR count). The number of ether oxygens (including phenoxy) is 1. The third-order valence-corrected chi connectivity index (χ3v) is 5.99. The van der Waals surface area contributed by atoms with Gasteiger partial charge in [-0.25, -0.2) is 0 Å². The SMILES string of the molecule is COC(c1ccc(-c2ccc(-c3cn[nH]c3)cc2O)nn1)C1CC(C)(C)NC(C)(C)C1. The average Bonchev–Trinajstić information content (AvgIpc) is 3.22. The molecule has 164 valence electrons. The monoisotopic (exact) mass is 421 g/mol. The minimum atomic E-state index is -0.126. The lowest BCUT2D eigenvalue weighted by atomic mass is 9.73. The topological polar surface area (TPSA) is 96.0 Å². The van der Waals surface area contributed by atoms with E-state index < -0.39 is 0 Å². The Balaban J connectivity index is 1.57. The van der Waals surface area contributed by atoms with E-state index in [4.69, 9.17) is 4.74 Å². The van der Waals surface area contributed by atoms with Crippen molar-refractivity contribution in [3.63, 3.8) is 0 Å². The molecule has 3 heterocycles. The molecule has 7 nitrogen and oxygen atoms in total. The molecule has 2 aromatic heterocycles. The Morgan fingerprint density at radius 3 is 2.32 bits per heavy atom. The van der Waals surface area contributed by atoms with E-state index in [9.17, 15) is 5.11 Å². The lowest BCUT2D eigenvalue weighted by Crippen LogP contribution is -2.58. The van der Waals surface area contributed by atoms with Gasteiger partial charge in [-0.2, -0.15) is 15.3 Å². The minimum absolute atomic E-state index is 0.0269. The van der Waals surface area contributed by atoms with Crippen LogP contribution in [0.3, 0.4) is 0 Å². The fourth-order valence-corrected chi connectivity index (χ4v) is 5.14. The third-order valence-electron chi connectivity index (χ3n) is 5.99. The number of benzene rings is 1. The Morgan fingerprint density at radius 2 is 1.77 bits per heavy atom. The molecule has 0 spiro atoms. The van der Waals surface area contributed by atoms with Gasteiger partial charge >= 0.3 is 0 Å². The normalized spacial score (nSPS) is 19.3. The van der Waals surface area contributed by atoms with E-state index in [2.05, 4.69) is 53.4 Å². The lowest BCUT2D eigenvalue weighted by molar-refractivity contribution is -0.00615. The van der Waals surface area contributed by atoms with Crippen molar-refractivity contribution < 1.29 is 9.84 Å². The van der Waals surface area contributed by atoms with Crippen LogP contribution in [0.4, 0.5) is 0 Å². The first-order valence-corrected chi connectivity index (χ1v) is 10.7. The van der Waals surface area contributed by atoms with Crippen LogP contribution in [-0.4, -0.2) is 43.7 Å². The number of hydrogen-bond acceptors (Lipinski definition) is 6. The van der Waals surface area contributed by atoms with Crippen LogP contribution >= 0.6 is 0 Å². The first-order chi connectivity index (χ1) is 14.7. The van der Waals surface area contributed by atoms with Crippen LogP contribution in [0.5, 0.6) is 5.75 Å². The largest absolute Gasteiger partial charge is 0.507 e. The van der Waals surface area contributed by atoms with Crippen molar-refractivity contribution in [2.24, 2.45) is 5.92 Å². The zero-order valence-electron chi connectivity index (χ0n) is 18.8. The van der Waals surface area contributed by atoms with E-state index >= 15 is 0 Å². The highest BCUT2D eigenvalue weighted by atomic mass is 16.5. The number of aromatic nitrogens is 4. The highest BCUT2D eigenvalue weighted by Crippen LogP contribution is 2.41. The summed E-state index contributed by atoms with van der Waals surface area (Å²) in [5.41, 5.74) is 3.94. The Labute approximate surface area is 183 Å². The lowest BCUT2D eigenvalue weighted by Gasteiger charge is -2.48. The Morgan fingerprint density at radius 1 is 1.03 bits per heavy atom. The van der Waals surface area contributed by atoms with E-state index in [1.54, 1.807) is 25.6 Å². The number of hydrogen-bond donors (Lipinski definition) is 3. The smallest absolute Gasteiger partial charge is 0.125 e. The Hall–Kier alpha value is -2.77. The van der Waals surface area contributed by atoms with Crippen molar-refractivity contribution in [3.8, 4) is 28.1 Å². The number of rotatable bonds is 5. The van der Waals surface area contributed by atoms with Gasteiger partial charge in [-0.15, -0.1) is 0 Å². The maximum absolute atomic E-state index is 10.6. The van der Waals surface area contributed by atoms with Crippen molar-refractivity contribution in [1.29, 1.82) is 0 Å². The number of H-pyrrole nitrogens is 1. The van der Waals surface area contributed by atoms with Crippen molar-refractivity contribution >= 4 is 0 Å². The molecule has 0 radical (unpaired) electrons. The Kier molecular flexibility index (Phi) is 5.58. The molecular formula is C24H31N5O2. The number of nitrogens with zero attached hydrogens (tertiary/aromatic N) is 3. The summed E-state index contributed by atoms with van der Waals surface area (Å²) in [6.45, 7) is 8.94. The molecule has 0 bridgehead atoms. The van der Waals surface area contributed by atoms with Gasteiger partial charge in [-0.05, 0) is 76.3 Å². The van der Waals surface area contributed by atoms with Crippen molar-refractivity contribution in [3.05, 3.63) is 48.4 Å². The summed E-state index contributed by atoms with van der Waals surface area (Å²) in [5, 5.41) is 29.9. The number of methoxy groups -OCH3 is 1. The molecule has 1 unspecified atom stereocenters. The van der Waals surface area contributed by atoms with E-state index in [0.717, 1.165) is 29.7 Å². The van der Waals surface area contributed by atoms with E-state index in [1.807, 2.05) is 24.3 Å². The molecule has 3 N–H and O–H groups in total. The van der Waals surface area contributed by atoms with Crippen LogP contribution in [0.1, 0.15) is 52.3 Å². The zero-order chi connectivity index (χ0) is 22.2. The molecule has 1 saturated heterocycles. The maximum atomic E-state index is 10.6. The quantitative estimate of drug-likeness (QED) is 0.562. The van der Waals surface area contributed by atoms with Crippen molar-refractivity contribution in [2.45, 2.75) is 57.7 Å². The fourth-order valence-electron chi connectivity index (χ4n) is 5.14. The predicted molar refractivity (Wildman–Crippen MR) is 120 cm³/mol. The fraction of sp³-hybridized carbons (Fsp3) is 0.458. The number of piperidine rings is 1. The van der Waals surface area contributed by atoms with Crippen LogP contribution in [0.25, 0.3) is 22.4 Å². The first kappa shape index (κ1) is 21.5. The molecule has 1 aromatic carbocycles. The Bertz CT molecular complexity index is 1010. The molecule has 3 aromatic rings. The van der Waals surface area contributed by atoms with Gasteiger partial charge in [0.15, 0.2) is 0 Å². The van der Waals surface area contributed by atoms with Crippen molar-refractivity contribution in [1.82, 2.24) is 25.7 Å². The van der Waals surface area contributed by atoms with Crippen LogP contribution < -0.4 is 5.32 Å². The molecule has 31 heavy (non-hydrogen) atoms. The van der Waals surface area contributed by atoms with Gasteiger partial charge in [-0.3, -0.25) is 5.10 Å². The summed E-state index contributed by atoms with van der Waals surface area (Å²) in [4.78, 5) is 0. The summed E-state index contributed by atoms with van der Waals surface area (Å²) < 4.78 is 5.90. The molecule has 0 saturated carbocycles. The van der Waals surface area contributed by atoms with Gasteiger partial charge in [-0.1, -0.05) is 6.07 Å². The number of aromatic amines is 1.